The zero-order valence-electron chi connectivity index (χ0n) is 22.5. The number of nitrogens with one attached hydrogen (secondary N) is 2. The van der Waals surface area contributed by atoms with Crippen molar-refractivity contribution in [2.75, 3.05) is 0 Å². The van der Waals surface area contributed by atoms with Crippen molar-refractivity contribution in [1.29, 1.82) is 0 Å². The molecule has 1 atom stereocenters. The predicted octanol–water partition coefficient (Wildman–Crippen LogP) is 5.71. The maximum absolute atomic E-state index is 12.6. The third-order valence-electron chi connectivity index (χ3n) is 6.12. The number of ether oxygens (including phenoxy) is 1. The van der Waals surface area contributed by atoms with E-state index >= 15 is 0 Å². The van der Waals surface area contributed by atoms with Crippen molar-refractivity contribution in [2.24, 2.45) is 0 Å². The molecule has 4 aromatic rings. The van der Waals surface area contributed by atoms with Crippen LogP contribution in [-0.4, -0.2) is 47.1 Å². The number of unbranched alkanes of at least 4 members (excludes halogenated alkanes) is 3. The summed E-state index contributed by atoms with van der Waals surface area (Å²) in [6.45, 7) is 8.29. The molecule has 2 aromatic carbocycles. The van der Waals surface area contributed by atoms with E-state index in [0.717, 1.165) is 60.2 Å². The van der Waals surface area contributed by atoms with Gasteiger partial charge in [-0.15, -0.1) is 5.10 Å². The van der Waals surface area contributed by atoms with E-state index in [1.54, 1.807) is 6.33 Å². The number of alkyl carbamates (subject to hydrolysis) is 1. The van der Waals surface area contributed by atoms with Gasteiger partial charge in [0, 0.05) is 5.56 Å². The molecule has 0 saturated heterocycles. The fourth-order valence-electron chi connectivity index (χ4n) is 4.33. The number of benzene rings is 2. The molecule has 0 fully saturated rings. The maximum Gasteiger partial charge on any atom is 0.408 e. The van der Waals surface area contributed by atoms with Crippen LogP contribution in [0.1, 0.15) is 77.2 Å². The second-order valence-electron chi connectivity index (χ2n) is 10.3. The van der Waals surface area contributed by atoms with Crippen molar-refractivity contribution in [3.8, 4) is 22.5 Å². The van der Waals surface area contributed by atoms with E-state index in [-0.39, 0.29) is 6.04 Å². The van der Waals surface area contributed by atoms with Crippen molar-refractivity contribution >= 4 is 6.09 Å². The molecule has 0 bridgehead atoms. The van der Waals surface area contributed by atoms with Gasteiger partial charge in [0.15, 0.2) is 5.82 Å². The minimum absolute atomic E-state index is 0.286. The lowest BCUT2D eigenvalue weighted by Crippen LogP contribution is -2.36. The Morgan fingerprint density at radius 2 is 1.82 bits per heavy atom. The van der Waals surface area contributed by atoms with Crippen LogP contribution in [0.5, 0.6) is 0 Å². The topological polar surface area (TPSA) is 124 Å². The van der Waals surface area contributed by atoms with E-state index < -0.39 is 11.7 Å². The molecule has 0 aliphatic carbocycles. The number of nitrogens with zero attached hydrogens (tertiary/aromatic N) is 6. The van der Waals surface area contributed by atoms with Crippen LogP contribution in [-0.2, 0) is 11.3 Å². The van der Waals surface area contributed by atoms with E-state index in [1.807, 2.05) is 49.7 Å². The molecule has 2 heterocycles. The summed E-state index contributed by atoms with van der Waals surface area (Å²) in [4.78, 5) is 17.1. The number of rotatable bonds is 11. The molecule has 1 amide bonds. The van der Waals surface area contributed by atoms with E-state index in [0.29, 0.717) is 12.4 Å². The van der Waals surface area contributed by atoms with Gasteiger partial charge in [-0.3, -0.25) is 0 Å². The molecule has 0 spiro atoms. The van der Waals surface area contributed by atoms with E-state index in [2.05, 4.69) is 67.2 Å². The molecule has 0 radical (unpaired) electrons. The van der Waals surface area contributed by atoms with Crippen LogP contribution in [0.25, 0.3) is 22.5 Å². The first-order valence-electron chi connectivity index (χ1n) is 13.1. The van der Waals surface area contributed by atoms with E-state index in [9.17, 15) is 4.79 Å². The largest absolute Gasteiger partial charge is 0.444 e. The van der Waals surface area contributed by atoms with Gasteiger partial charge in [-0.1, -0.05) is 81.1 Å². The molecule has 2 aromatic heterocycles. The van der Waals surface area contributed by atoms with Crippen LogP contribution in [0.4, 0.5) is 4.79 Å². The molecule has 4 rings (SSSR count). The molecule has 0 aliphatic rings. The van der Waals surface area contributed by atoms with Crippen molar-refractivity contribution in [3.63, 3.8) is 0 Å². The Morgan fingerprint density at radius 1 is 1.05 bits per heavy atom. The van der Waals surface area contributed by atoms with Crippen LogP contribution < -0.4 is 5.32 Å². The number of aromatic nitrogens is 7. The number of amides is 1. The SMILES string of the molecule is CCCCCCC(NC(=O)OC(C)(C)C)c1ncnn1Cc1ccc(-c2ccccc2-c2nnn[nH]2)cc1. The fraction of sp³-hybridized carbons (Fsp3) is 0.429. The molecule has 38 heavy (non-hydrogen) atoms. The monoisotopic (exact) mass is 516 g/mol. The summed E-state index contributed by atoms with van der Waals surface area (Å²) in [6.07, 6.45) is 6.26. The highest BCUT2D eigenvalue weighted by molar-refractivity contribution is 5.80. The van der Waals surface area contributed by atoms with Gasteiger partial charge in [-0.2, -0.15) is 5.10 Å². The van der Waals surface area contributed by atoms with Crippen molar-refractivity contribution in [1.82, 2.24) is 40.7 Å². The Bertz CT molecular complexity index is 1290. The Labute approximate surface area is 223 Å². The molecule has 0 saturated carbocycles. The molecule has 200 valence electrons. The molecule has 1 unspecified atom stereocenters. The van der Waals surface area contributed by atoms with Gasteiger partial charge < -0.3 is 10.1 Å². The van der Waals surface area contributed by atoms with Crippen molar-refractivity contribution in [2.45, 2.75) is 78.0 Å². The number of tetrazole rings is 1. The molecular weight excluding hydrogens is 480 g/mol. The van der Waals surface area contributed by atoms with Gasteiger partial charge in [-0.05, 0) is 54.3 Å². The number of hydrogen-bond donors (Lipinski definition) is 2. The fourth-order valence-corrected chi connectivity index (χ4v) is 4.33. The van der Waals surface area contributed by atoms with Gasteiger partial charge in [0.2, 0.25) is 0 Å². The average Bonchev–Trinajstić information content (AvgIpc) is 3.58. The number of hydrogen-bond acceptors (Lipinski definition) is 7. The van der Waals surface area contributed by atoms with Gasteiger partial charge >= 0.3 is 6.09 Å². The van der Waals surface area contributed by atoms with Crippen molar-refractivity contribution < 1.29 is 9.53 Å². The molecule has 2 N–H and O–H groups in total. The third kappa shape index (κ3) is 7.24. The van der Waals surface area contributed by atoms with Crippen LogP contribution in [0.3, 0.4) is 0 Å². The highest BCUT2D eigenvalue weighted by atomic mass is 16.6. The second kappa shape index (κ2) is 12.4. The summed E-state index contributed by atoms with van der Waals surface area (Å²) in [6, 6.07) is 16.0. The normalized spacial score (nSPS) is 12.3. The van der Waals surface area contributed by atoms with Crippen LogP contribution in [0, 0.1) is 0 Å². The van der Waals surface area contributed by atoms with Gasteiger partial charge in [0.1, 0.15) is 17.8 Å². The van der Waals surface area contributed by atoms with Crippen LogP contribution in [0.2, 0.25) is 0 Å². The minimum atomic E-state index is -0.575. The smallest absolute Gasteiger partial charge is 0.408 e. The van der Waals surface area contributed by atoms with Crippen LogP contribution >= 0.6 is 0 Å². The predicted molar refractivity (Wildman–Crippen MR) is 145 cm³/mol. The summed E-state index contributed by atoms with van der Waals surface area (Å²) >= 11 is 0. The zero-order chi connectivity index (χ0) is 27.0. The number of aromatic amines is 1. The Morgan fingerprint density at radius 3 is 2.50 bits per heavy atom. The number of H-pyrrole nitrogens is 1. The molecule has 0 aliphatic heterocycles. The summed E-state index contributed by atoms with van der Waals surface area (Å²) < 4.78 is 7.37. The highest BCUT2D eigenvalue weighted by Gasteiger charge is 2.24. The molecule has 10 heteroatoms. The first-order chi connectivity index (χ1) is 18.3. The minimum Gasteiger partial charge on any atom is -0.444 e. The average molecular weight is 517 g/mol. The Balaban J connectivity index is 1.51. The highest BCUT2D eigenvalue weighted by Crippen LogP contribution is 2.30. The third-order valence-corrected chi connectivity index (χ3v) is 6.12. The lowest BCUT2D eigenvalue weighted by Gasteiger charge is -2.23. The number of carbonyl (C=O) groups excluding carboxylic acids is 1. The zero-order valence-corrected chi connectivity index (χ0v) is 22.5. The summed E-state index contributed by atoms with van der Waals surface area (Å²) in [5.74, 6) is 1.35. The Hall–Kier alpha value is -4.08. The lowest BCUT2D eigenvalue weighted by atomic mass is 9.98. The Kier molecular flexibility index (Phi) is 8.83. The summed E-state index contributed by atoms with van der Waals surface area (Å²) in [7, 11) is 0. The summed E-state index contributed by atoms with van der Waals surface area (Å²) in [5.41, 5.74) is 3.52. The molecular formula is C28H36N8O2. The van der Waals surface area contributed by atoms with E-state index in [1.165, 1.54) is 0 Å². The van der Waals surface area contributed by atoms with Crippen LogP contribution in [0.15, 0.2) is 54.9 Å². The molecule has 10 nitrogen and oxygen atoms in total. The first-order valence-corrected chi connectivity index (χ1v) is 13.1. The van der Waals surface area contributed by atoms with Gasteiger partial charge in [0.25, 0.3) is 0 Å². The van der Waals surface area contributed by atoms with Crippen molar-refractivity contribution in [3.05, 3.63) is 66.2 Å². The number of carbonyl (C=O) groups is 1. The quantitative estimate of drug-likeness (QED) is 0.245. The van der Waals surface area contributed by atoms with Gasteiger partial charge in [0.05, 0.1) is 12.6 Å². The van der Waals surface area contributed by atoms with E-state index in [4.69, 9.17) is 4.74 Å². The van der Waals surface area contributed by atoms with Gasteiger partial charge in [-0.25, -0.2) is 19.6 Å². The standard InChI is InChI=1S/C28H36N8O2/c1-5-6-7-8-13-24(31-27(37)38-28(2,3)4)26-29-19-30-36(26)18-20-14-16-21(17-15-20)22-11-9-10-12-23(22)25-32-34-35-33-25/h9-12,14-17,19,24H,5-8,13,18H2,1-4H3,(H,31,37)(H,32,33,34,35). The lowest BCUT2D eigenvalue weighted by molar-refractivity contribution is 0.0496. The summed E-state index contributed by atoms with van der Waals surface area (Å²) in [5, 5.41) is 21.8. The first kappa shape index (κ1) is 27.0. The maximum atomic E-state index is 12.6. The second-order valence-corrected chi connectivity index (χ2v) is 10.3.